The Labute approximate surface area is 167 Å². The highest BCUT2D eigenvalue weighted by Crippen LogP contribution is 2.34. The van der Waals surface area contributed by atoms with Crippen molar-refractivity contribution in [1.29, 1.82) is 0 Å². The Morgan fingerprint density at radius 1 is 1.03 bits per heavy atom. The normalized spacial score (nSPS) is 12.3. The lowest BCUT2D eigenvalue weighted by molar-refractivity contribution is -0.115. The second-order valence-electron chi connectivity index (χ2n) is 6.15. The van der Waals surface area contributed by atoms with Gasteiger partial charge in [0.15, 0.2) is 23.0 Å². The van der Waals surface area contributed by atoms with Crippen molar-refractivity contribution in [2.75, 3.05) is 26.3 Å². The number of methoxy groups -OCH3 is 2. The van der Waals surface area contributed by atoms with Gasteiger partial charge in [0.25, 0.3) is 5.91 Å². The van der Waals surface area contributed by atoms with Gasteiger partial charge in [-0.1, -0.05) is 0 Å². The molecule has 0 aromatic heterocycles. The maximum Gasteiger partial charge on any atom is 0.271 e. The summed E-state index contributed by atoms with van der Waals surface area (Å²) in [5, 5.41) is 6.73. The molecule has 2 amide bonds. The number of benzene rings is 2. The van der Waals surface area contributed by atoms with Crippen LogP contribution >= 0.6 is 0 Å². The number of nitrogens with zero attached hydrogens (tertiary/aromatic N) is 1. The molecule has 0 saturated carbocycles. The van der Waals surface area contributed by atoms with Crippen LogP contribution in [0.15, 0.2) is 41.5 Å². The lowest BCUT2D eigenvalue weighted by atomic mass is 10.2. The smallest absolute Gasteiger partial charge is 0.271 e. The summed E-state index contributed by atoms with van der Waals surface area (Å²) >= 11 is 0. The zero-order chi connectivity index (χ0) is 20.8. The molecule has 0 aliphatic carbocycles. The van der Waals surface area contributed by atoms with E-state index in [1.165, 1.54) is 14.2 Å². The van der Waals surface area contributed by atoms with E-state index in [2.05, 4.69) is 15.8 Å². The Morgan fingerprint density at radius 3 is 2.55 bits per heavy atom. The molecule has 2 N–H and O–H groups in total. The summed E-state index contributed by atoms with van der Waals surface area (Å²) in [5.41, 5.74) is 3.80. The highest BCUT2D eigenvalue weighted by molar-refractivity contribution is 6.06. The zero-order valence-corrected chi connectivity index (χ0v) is 16.3. The van der Waals surface area contributed by atoms with Gasteiger partial charge in [-0.25, -0.2) is 5.43 Å². The Morgan fingerprint density at radius 2 is 1.79 bits per heavy atom. The molecule has 0 radical (unpaired) electrons. The number of amides is 2. The van der Waals surface area contributed by atoms with Crippen molar-refractivity contribution >= 4 is 23.2 Å². The van der Waals surface area contributed by atoms with Gasteiger partial charge < -0.3 is 24.3 Å². The largest absolute Gasteiger partial charge is 0.493 e. The Hall–Kier alpha value is -3.75. The van der Waals surface area contributed by atoms with Crippen LogP contribution in [0, 0.1) is 0 Å². The molecule has 9 nitrogen and oxygen atoms in total. The Bertz CT molecular complexity index is 957. The molecule has 1 aliphatic rings. The van der Waals surface area contributed by atoms with Gasteiger partial charge >= 0.3 is 0 Å². The first kappa shape index (κ1) is 20.0. The summed E-state index contributed by atoms with van der Waals surface area (Å²) in [4.78, 5) is 24.4. The number of carbonyl (C=O) groups is 2. The van der Waals surface area contributed by atoms with Crippen LogP contribution in [0.2, 0.25) is 0 Å². The quantitative estimate of drug-likeness (QED) is 0.547. The number of anilines is 1. The van der Waals surface area contributed by atoms with Crippen molar-refractivity contribution < 1.29 is 28.5 Å². The molecular weight excluding hydrogens is 378 g/mol. The highest BCUT2D eigenvalue weighted by Gasteiger charge is 2.15. The number of ether oxygens (including phenoxy) is 4. The van der Waals surface area contributed by atoms with Crippen molar-refractivity contribution in [3.05, 3.63) is 42.0 Å². The first-order chi connectivity index (χ1) is 14.0. The van der Waals surface area contributed by atoms with Crippen LogP contribution in [0.1, 0.15) is 23.7 Å². The SMILES string of the molecule is COc1ccc(C(=O)N/N=C(/C)CC(=O)Nc2ccc3c(c2)OCO3)cc1OC. The molecule has 0 saturated heterocycles. The third-order valence-corrected chi connectivity index (χ3v) is 4.07. The van der Waals surface area contributed by atoms with Gasteiger partial charge in [0.2, 0.25) is 12.7 Å². The third kappa shape index (κ3) is 4.95. The van der Waals surface area contributed by atoms with Gasteiger partial charge in [0.05, 0.1) is 20.6 Å². The predicted molar refractivity (Wildman–Crippen MR) is 106 cm³/mol. The molecule has 152 valence electrons. The lowest BCUT2D eigenvalue weighted by Crippen LogP contribution is -2.21. The first-order valence-corrected chi connectivity index (χ1v) is 8.75. The van der Waals surface area contributed by atoms with Crippen molar-refractivity contribution in [2.24, 2.45) is 5.10 Å². The molecule has 0 fully saturated rings. The molecule has 29 heavy (non-hydrogen) atoms. The van der Waals surface area contributed by atoms with Gasteiger partial charge in [-0.3, -0.25) is 9.59 Å². The molecular formula is C20H21N3O6. The van der Waals surface area contributed by atoms with Gasteiger partial charge in [-0.2, -0.15) is 5.10 Å². The Kier molecular flexibility index (Phi) is 6.18. The van der Waals surface area contributed by atoms with Crippen molar-refractivity contribution in [1.82, 2.24) is 5.43 Å². The van der Waals surface area contributed by atoms with Gasteiger partial charge in [0, 0.05) is 23.0 Å². The van der Waals surface area contributed by atoms with E-state index in [1.54, 1.807) is 43.3 Å². The van der Waals surface area contributed by atoms with Crippen molar-refractivity contribution in [2.45, 2.75) is 13.3 Å². The number of hydrogen-bond donors (Lipinski definition) is 2. The topological polar surface area (TPSA) is 107 Å². The zero-order valence-electron chi connectivity index (χ0n) is 16.3. The van der Waals surface area contributed by atoms with E-state index >= 15 is 0 Å². The van der Waals surface area contributed by atoms with E-state index in [-0.39, 0.29) is 19.1 Å². The molecule has 0 spiro atoms. The minimum Gasteiger partial charge on any atom is -0.493 e. The first-order valence-electron chi connectivity index (χ1n) is 8.75. The number of hydrogen-bond acceptors (Lipinski definition) is 7. The van der Waals surface area contributed by atoms with E-state index in [0.29, 0.717) is 40.0 Å². The molecule has 2 aromatic carbocycles. The van der Waals surface area contributed by atoms with E-state index in [1.807, 2.05) is 0 Å². The van der Waals surface area contributed by atoms with Crippen molar-refractivity contribution in [3.8, 4) is 23.0 Å². The summed E-state index contributed by atoms with van der Waals surface area (Å²) in [6.45, 7) is 1.81. The molecule has 0 bridgehead atoms. The maximum atomic E-state index is 12.3. The van der Waals surface area contributed by atoms with Crippen LogP contribution in [0.5, 0.6) is 23.0 Å². The number of rotatable bonds is 7. The second kappa shape index (κ2) is 8.96. The molecule has 9 heteroatoms. The molecule has 0 unspecified atom stereocenters. The molecule has 1 aliphatic heterocycles. The number of carbonyl (C=O) groups excluding carboxylic acids is 2. The van der Waals surface area contributed by atoms with Crippen LogP contribution in [-0.2, 0) is 4.79 Å². The molecule has 1 heterocycles. The predicted octanol–water partition coefficient (Wildman–Crippen LogP) is 2.57. The van der Waals surface area contributed by atoms with Crippen LogP contribution in [0.25, 0.3) is 0 Å². The van der Waals surface area contributed by atoms with Gasteiger partial charge in [-0.05, 0) is 37.3 Å². The van der Waals surface area contributed by atoms with E-state index in [4.69, 9.17) is 18.9 Å². The lowest BCUT2D eigenvalue weighted by Gasteiger charge is -2.09. The maximum absolute atomic E-state index is 12.3. The summed E-state index contributed by atoms with van der Waals surface area (Å²) in [5.74, 6) is 1.47. The standard InChI is InChI=1S/C20H21N3O6/c1-12(8-19(24)21-14-5-7-16-18(10-14)29-11-28-16)22-23-20(25)13-4-6-15(26-2)17(9-13)27-3/h4-7,9-10H,8,11H2,1-3H3,(H,21,24)(H,23,25)/b22-12-. The molecule has 0 atom stereocenters. The molecule has 2 aromatic rings. The van der Waals surface area contributed by atoms with E-state index in [0.717, 1.165) is 0 Å². The summed E-state index contributed by atoms with van der Waals surface area (Å²) in [7, 11) is 3.00. The van der Waals surface area contributed by atoms with Crippen LogP contribution in [0.3, 0.4) is 0 Å². The van der Waals surface area contributed by atoms with Crippen LogP contribution in [-0.4, -0.2) is 38.5 Å². The fraction of sp³-hybridized carbons (Fsp3) is 0.250. The monoisotopic (exact) mass is 399 g/mol. The fourth-order valence-electron chi connectivity index (χ4n) is 2.64. The third-order valence-electron chi connectivity index (χ3n) is 4.07. The van der Waals surface area contributed by atoms with Crippen molar-refractivity contribution in [3.63, 3.8) is 0 Å². The van der Waals surface area contributed by atoms with E-state index < -0.39 is 5.91 Å². The average Bonchev–Trinajstić information content (AvgIpc) is 3.19. The van der Waals surface area contributed by atoms with Crippen LogP contribution < -0.4 is 29.7 Å². The average molecular weight is 399 g/mol. The summed E-state index contributed by atoms with van der Waals surface area (Å²) < 4.78 is 20.8. The van der Waals surface area contributed by atoms with Gasteiger partial charge in [-0.15, -0.1) is 0 Å². The number of fused-ring (bicyclic) bond motifs is 1. The number of nitrogens with one attached hydrogen (secondary N) is 2. The number of hydrazone groups is 1. The highest BCUT2D eigenvalue weighted by atomic mass is 16.7. The minimum absolute atomic E-state index is 0.0145. The van der Waals surface area contributed by atoms with Gasteiger partial charge in [0.1, 0.15) is 0 Å². The Balaban J connectivity index is 1.55. The second-order valence-corrected chi connectivity index (χ2v) is 6.15. The summed E-state index contributed by atoms with van der Waals surface area (Å²) in [6.07, 6.45) is 0.0145. The molecule has 3 rings (SSSR count). The summed E-state index contributed by atoms with van der Waals surface area (Å²) in [6, 6.07) is 9.90. The fourth-order valence-corrected chi connectivity index (χ4v) is 2.64. The van der Waals surface area contributed by atoms with E-state index in [9.17, 15) is 9.59 Å². The van der Waals surface area contributed by atoms with Crippen LogP contribution in [0.4, 0.5) is 5.69 Å². The minimum atomic E-state index is -0.429.